The number of aliphatic hydroxyl groups excluding tert-OH is 1. The first-order valence-corrected chi connectivity index (χ1v) is 8.00. The summed E-state index contributed by atoms with van der Waals surface area (Å²) in [6, 6.07) is 2.34. The van der Waals surface area contributed by atoms with Gasteiger partial charge in [0.1, 0.15) is 5.82 Å². The normalized spacial score (nSPS) is 16.4. The van der Waals surface area contributed by atoms with E-state index in [1.165, 1.54) is 17.3 Å². The Bertz CT molecular complexity index is 577. The van der Waals surface area contributed by atoms with Gasteiger partial charge in [-0.25, -0.2) is 12.8 Å². The molecule has 5 nitrogen and oxygen atoms in total. The third-order valence-electron chi connectivity index (χ3n) is 3.67. The maximum atomic E-state index is 13.5. The molecule has 0 spiro atoms. The van der Waals surface area contributed by atoms with Crippen LogP contribution in [0.15, 0.2) is 17.0 Å². The van der Waals surface area contributed by atoms with E-state index in [1.54, 1.807) is 0 Å². The minimum atomic E-state index is -3.76. The standard InChI is InChI=1S/C13H19FN2O3S/c1-9-7-11(8-12(15)13(9)14)20(18,19)16(5-6-17)10-3-2-4-10/h7-8,10,17H,2-6,15H2,1H3. The highest BCUT2D eigenvalue weighted by Crippen LogP contribution is 2.31. The molecule has 0 aliphatic heterocycles. The minimum Gasteiger partial charge on any atom is -0.396 e. The van der Waals surface area contributed by atoms with E-state index in [-0.39, 0.29) is 35.3 Å². The van der Waals surface area contributed by atoms with Crippen LogP contribution in [0.4, 0.5) is 10.1 Å². The summed E-state index contributed by atoms with van der Waals surface area (Å²) in [6.07, 6.45) is 2.55. The Morgan fingerprint density at radius 2 is 2.10 bits per heavy atom. The fourth-order valence-electron chi connectivity index (χ4n) is 2.32. The monoisotopic (exact) mass is 302 g/mol. The predicted molar refractivity (Wildman–Crippen MR) is 74.2 cm³/mol. The van der Waals surface area contributed by atoms with Crippen LogP contribution in [0.1, 0.15) is 24.8 Å². The Morgan fingerprint density at radius 1 is 1.45 bits per heavy atom. The molecule has 0 atom stereocenters. The van der Waals surface area contributed by atoms with Gasteiger partial charge in [-0.2, -0.15) is 4.31 Å². The minimum absolute atomic E-state index is 0.0192. The first kappa shape index (κ1) is 15.2. The molecule has 1 aliphatic carbocycles. The molecule has 1 aromatic carbocycles. The van der Waals surface area contributed by atoms with Crippen LogP contribution in [0.2, 0.25) is 0 Å². The van der Waals surface area contributed by atoms with Gasteiger partial charge < -0.3 is 10.8 Å². The molecule has 1 aliphatic rings. The number of sulfonamides is 1. The molecule has 7 heteroatoms. The van der Waals surface area contributed by atoms with E-state index in [9.17, 15) is 12.8 Å². The molecule has 20 heavy (non-hydrogen) atoms. The number of anilines is 1. The number of hydrogen-bond donors (Lipinski definition) is 2. The van der Waals surface area contributed by atoms with Crippen LogP contribution in [-0.2, 0) is 10.0 Å². The molecule has 1 fully saturated rings. The van der Waals surface area contributed by atoms with Crippen molar-refractivity contribution in [1.29, 1.82) is 0 Å². The first-order chi connectivity index (χ1) is 9.37. The summed E-state index contributed by atoms with van der Waals surface area (Å²) in [5.74, 6) is -0.596. The lowest BCUT2D eigenvalue weighted by atomic mass is 9.93. The summed E-state index contributed by atoms with van der Waals surface area (Å²) in [5.41, 5.74) is 5.52. The molecule has 0 unspecified atom stereocenters. The number of aliphatic hydroxyl groups is 1. The quantitative estimate of drug-likeness (QED) is 0.802. The van der Waals surface area contributed by atoms with Gasteiger partial charge in [0.15, 0.2) is 0 Å². The number of nitrogen functional groups attached to an aromatic ring is 1. The average Bonchev–Trinajstić information content (AvgIpc) is 2.32. The highest BCUT2D eigenvalue weighted by Gasteiger charge is 2.34. The Morgan fingerprint density at radius 3 is 2.55 bits per heavy atom. The van der Waals surface area contributed by atoms with Crippen molar-refractivity contribution in [2.75, 3.05) is 18.9 Å². The van der Waals surface area contributed by atoms with Crippen molar-refractivity contribution >= 4 is 15.7 Å². The molecule has 0 radical (unpaired) electrons. The molecule has 0 aromatic heterocycles. The van der Waals surface area contributed by atoms with E-state index in [1.807, 2.05) is 0 Å². The summed E-state index contributed by atoms with van der Waals surface area (Å²) < 4.78 is 40.0. The van der Waals surface area contributed by atoms with Crippen molar-refractivity contribution in [1.82, 2.24) is 4.31 Å². The number of rotatable bonds is 5. The zero-order valence-corrected chi connectivity index (χ0v) is 12.2. The van der Waals surface area contributed by atoms with Gasteiger partial charge in [-0.3, -0.25) is 0 Å². The van der Waals surface area contributed by atoms with Crippen LogP contribution >= 0.6 is 0 Å². The number of nitrogens with two attached hydrogens (primary N) is 1. The Kier molecular flexibility index (Phi) is 4.31. The largest absolute Gasteiger partial charge is 0.396 e. The SMILES string of the molecule is Cc1cc(S(=O)(=O)N(CCO)C2CCC2)cc(N)c1F. The zero-order valence-electron chi connectivity index (χ0n) is 11.3. The van der Waals surface area contributed by atoms with E-state index in [4.69, 9.17) is 10.8 Å². The summed E-state index contributed by atoms with van der Waals surface area (Å²) in [5, 5.41) is 9.08. The van der Waals surface area contributed by atoms with E-state index in [0.29, 0.717) is 0 Å². The van der Waals surface area contributed by atoms with E-state index in [0.717, 1.165) is 25.3 Å². The highest BCUT2D eigenvalue weighted by atomic mass is 32.2. The highest BCUT2D eigenvalue weighted by molar-refractivity contribution is 7.89. The lowest BCUT2D eigenvalue weighted by Crippen LogP contribution is -2.45. The van der Waals surface area contributed by atoms with Crippen molar-refractivity contribution < 1.29 is 17.9 Å². The maximum absolute atomic E-state index is 13.5. The van der Waals surface area contributed by atoms with Crippen molar-refractivity contribution in [3.8, 4) is 0 Å². The zero-order chi connectivity index (χ0) is 14.9. The smallest absolute Gasteiger partial charge is 0.243 e. The molecule has 0 heterocycles. The topological polar surface area (TPSA) is 83.6 Å². The second-order valence-electron chi connectivity index (χ2n) is 5.07. The van der Waals surface area contributed by atoms with Crippen molar-refractivity contribution in [3.05, 3.63) is 23.5 Å². The molecule has 0 saturated heterocycles. The number of halogens is 1. The second kappa shape index (κ2) is 5.67. The molecule has 1 aromatic rings. The summed E-state index contributed by atoms with van der Waals surface area (Å²) in [7, 11) is -3.76. The number of nitrogens with zero attached hydrogens (tertiary/aromatic N) is 1. The third-order valence-corrected chi connectivity index (χ3v) is 5.59. The van der Waals surface area contributed by atoms with Crippen molar-refractivity contribution in [2.24, 2.45) is 0 Å². The second-order valence-corrected chi connectivity index (χ2v) is 6.96. The van der Waals surface area contributed by atoms with Crippen LogP contribution in [0.25, 0.3) is 0 Å². The van der Waals surface area contributed by atoms with Gasteiger partial charge in [0.2, 0.25) is 10.0 Å². The van der Waals surface area contributed by atoms with Crippen LogP contribution in [-0.4, -0.2) is 37.0 Å². The summed E-state index contributed by atoms with van der Waals surface area (Å²) in [4.78, 5) is -0.0192. The molecule has 2 rings (SSSR count). The molecule has 0 bridgehead atoms. The molecular formula is C13H19FN2O3S. The Labute approximate surface area is 118 Å². The maximum Gasteiger partial charge on any atom is 0.243 e. The molecular weight excluding hydrogens is 283 g/mol. The van der Waals surface area contributed by atoms with Crippen molar-refractivity contribution in [2.45, 2.75) is 37.1 Å². The van der Waals surface area contributed by atoms with Crippen LogP contribution < -0.4 is 5.73 Å². The van der Waals surface area contributed by atoms with Gasteiger partial charge in [0.25, 0.3) is 0 Å². The van der Waals surface area contributed by atoms with E-state index in [2.05, 4.69) is 0 Å². The molecule has 1 saturated carbocycles. The van der Waals surface area contributed by atoms with Gasteiger partial charge in [-0.1, -0.05) is 6.42 Å². The van der Waals surface area contributed by atoms with Crippen LogP contribution in [0.3, 0.4) is 0 Å². The Hall–Kier alpha value is -1.18. The fourth-order valence-corrected chi connectivity index (χ4v) is 4.12. The third kappa shape index (κ3) is 2.65. The van der Waals surface area contributed by atoms with Gasteiger partial charge in [0.05, 0.1) is 17.2 Å². The van der Waals surface area contributed by atoms with Crippen LogP contribution in [0, 0.1) is 12.7 Å². The number of hydrogen-bond acceptors (Lipinski definition) is 4. The van der Waals surface area contributed by atoms with Crippen LogP contribution in [0.5, 0.6) is 0 Å². The number of benzene rings is 1. The molecule has 3 N–H and O–H groups in total. The fraction of sp³-hybridized carbons (Fsp3) is 0.538. The van der Waals surface area contributed by atoms with E-state index < -0.39 is 15.8 Å². The van der Waals surface area contributed by atoms with Crippen molar-refractivity contribution in [3.63, 3.8) is 0 Å². The predicted octanol–water partition coefficient (Wildman–Crippen LogP) is 1.25. The van der Waals surface area contributed by atoms with Gasteiger partial charge in [-0.05, 0) is 37.5 Å². The lowest BCUT2D eigenvalue weighted by molar-refractivity contribution is 0.178. The number of aryl methyl sites for hydroxylation is 1. The van der Waals surface area contributed by atoms with Gasteiger partial charge in [0, 0.05) is 12.6 Å². The van der Waals surface area contributed by atoms with Gasteiger partial charge in [-0.15, -0.1) is 0 Å². The van der Waals surface area contributed by atoms with Gasteiger partial charge >= 0.3 is 0 Å². The summed E-state index contributed by atoms with van der Waals surface area (Å²) >= 11 is 0. The summed E-state index contributed by atoms with van der Waals surface area (Å²) in [6.45, 7) is 1.28. The lowest BCUT2D eigenvalue weighted by Gasteiger charge is -2.36. The van der Waals surface area contributed by atoms with E-state index >= 15 is 0 Å². The molecule has 0 amide bonds. The average molecular weight is 302 g/mol. The molecule has 112 valence electrons. The Balaban J connectivity index is 2.42. The first-order valence-electron chi connectivity index (χ1n) is 6.56.